The molecule has 0 rings (SSSR count). The van der Waals surface area contributed by atoms with E-state index in [1.165, 1.54) is 0 Å². The normalized spacial score (nSPS) is 11.2. The van der Waals surface area contributed by atoms with Gasteiger partial charge in [0.25, 0.3) is 0 Å². The lowest BCUT2D eigenvalue weighted by molar-refractivity contribution is 0.574. The topological polar surface area (TPSA) is 70.0 Å². The first-order valence-corrected chi connectivity index (χ1v) is 7.21. The van der Waals surface area contributed by atoms with Crippen LogP contribution in [0.1, 0.15) is 32.1 Å². The number of hydrogen-bond acceptors (Lipinski definition) is 3. The molecule has 0 radical (unpaired) electrons. The smallest absolute Gasteiger partial charge is 0.211 e. The fraction of sp³-hybridized carbons (Fsp3) is 0.889. The van der Waals surface area contributed by atoms with Crippen LogP contribution in [-0.4, -0.2) is 26.6 Å². The van der Waals surface area contributed by atoms with Crippen LogP contribution in [0.15, 0.2) is 0 Å². The van der Waals surface area contributed by atoms with Crippen LogP contribution in [0.2, 0.25) is 0 Å². The fourth-order valence-electron chi connectivity index (χ4n) is 1.02. The number of alkyl halides is 1. The second kappa shape index (κ2) is 8.96. The second-order valence-corrected chi connectivity index (χ2v) is 5.53. The number of rotatable bonds is 9. The number of sulfonamides is 1. The van der Waals surface area contributed by atoms with E-state index in [1.54, 1.807) is 0 Å². The summed E-state index contributed by atoms with van der Waals surface area (Å²) in [5.74, 6) is 0.635. The standard InChI is InChI=1S/C9H17ClN2O2S/c10-6-2-5-9-15(13,14)12-8-4-1-3-7-11/h12H,1-6,8-9H2. The monoisotopic (exact) mass is 252 g/mol. The van der Waals surface area contributed by atoms with Crippen molar-refractivity contribution < 1.29 is 8.42 Å². The van der Waals surface area contributed by atoms with Gasteiger partial charge >= 0.3 is 0 Å². The molecule has 0 bridgehead atoms. The highest BCUT2D eigenvalue weighted by Crippen LogP contribution is 1.97. The SMILES string of the molecule is N#CCCCCNS(=O)(=O)CCCCCl. The molecule has 6 heteroatoms. The van der Waals surface area contributed by atoms with Crippen LogP contribution < -0.4 is 4.72 Å². The molecule has 0 saturated heterocycles. The Labute approximate surface area is 96.7 Å². The highest BCUT2D eigenvalue weighted by Gasteiger charge is 2.07. The molecule has 0 saturated carbocycles. The third kappa shape index (κ3) is 9.98. The molecule has 0 unspecified atom stereocenters. The molecule has 0 aliphatic rings. The number of halogens is 1. The summed E-state index contributed by atoms with van der Waals surface area (Å²) in [7, 11) is -3.13. The second-order valence-electron chi connectivity index (χ2n) is 3.22. The molecular formula is C9H17ClN2O2S. The predicted octanol–water partition coefficient (Wildman–Crippen LogP) is 1.62. The molecule has 0 aliphatic heterocycles. The molecule has 1 N–H and O–H groups in total. The Bertz CT molecular complexity index is 285. The molecule has 0 amide bonds. The van der Waals surface area contributed by atoms with Crippen molar-refractivity contribution >= 4 is 21.6 Å². The van der Waals surface area contributed by atoms with Gasteiger partial charge in [0.2, 0.25) is 10.0 Å². The molecule has 0 atom stereocenters. The van der Waals surface area contributed by atoms with Crippen molar-refractivity contribution in [1.29, 1.82) is 5.26 Å². The minimum Gasteiger partial charge on any atom is -0.215 e. The lowest BCUT2D eigenvalue weighted by Gasteiger charge is -2.04. The van der Waals surface area contributed by atoms with Crippen molar-refractivity contribution in [2.45, 2.75) is 32.1 Å². The van der Waals surface area contributed by atoms with Gasteiger partial charge in [-0.2, -0.15) is 5.26 Å². The van der Waals surface area contributed by atoms with Gasteiger partial charge in [-0.15, -0.1) is 11.6 Å². The maximum Gasteiger partial charge on any atom is 0.211 e. The first kappa shape index (κ1) is 14.7. The number of nitrogens with zero attached hydrogens (tertiary/aromatic N) is 1. The molecule has 0 aromatic heterocycles. The van der Waals surface area contributed by atoms with Crippen LogP contribution in [0.3, 0.4) is 0 Å². The van der Waals surface area contributed by atoms with Crippen molar-refractivity contribution in [2.24, 2.45) is 0 Å². The zero-order valence-electron chi connectivity index (χ0n) is 8.71. The van der Waals surface area contributed by atoms with Gasteiger partial charge < -0.3 is 0 Å². The number of hydrogen-bond donors (Lipinski definition) is 1. The van der Waals surface area contributed by atoms with Gasteiger partial charge in [0.15, 0.2) is 0 Å². The van der Waals surface area contributed by atoms with E-state index in [4.69, 9.17) is 16.9 Å². The van der Waals surface area contributed by atoms with Crippen LogP contribution in [0.25, 0.3) is 0 Å². The van der Waals surface area contributed by atoms with Crippen LogP contribution in [0.4, 0.5) is 0 Å². The van der Waals surface area contributed by atoms with Gasteiger partial charge in [-0.05, 0) is 25.7 Å². The van der Waals surface area contributed by atoms with Crippen LogP contribution >= 0.6 is 11.6 Å². The van der Waals surface area contributed by atoms with Crippen molar-refractivity contribution in [3.05, 3.63) is 0 Å². The third-order valence-electron chi connectivity index (χ3n) is 1.83. The summed E-state index contributed by atoms with van der Waals surface area (Å²) in [6.07, 6.45) is 3.24. The summed E-state index contributed by atoms with van der Waals surface area (Å²) in [6.45, 7) is 0.422. The molecule has 0 aliphatic carbocycles. The maximum atomic E-state index is 11.3. The summed E-state index contributed by atoms with van der Waals surface area (Å²) >= 11 is 5.45. The van der Waals surface area contributed by atoms with E-state index in [0.29, 0.717) is 31.7 Å². The average molecular weight is 253 g/mol. The van der Waals surface area contributed by atoms with Crippen molar-refractivity contribution in [2.75, 3.05) is 18.2 Å². The first-order valence-electron chi connectivity index (χ1n) is 5.02. The van der Waals surface area contributed by atoms with Crippen LogP contribution in [0, 0.1) is 11.3 Å². The Morgan fingerprint density at radius 1 is 1.20 bits per heavy atom. The van der Waals surface area contributed by atoms with Gasteiger partial charge in [-0.3, -0.25) is 0 Å². The molecule has 88 valence electrons. The van der Waals surface area contributed by atoms with E-state index in [2.05, 4.69) is 4.72 Å². The molecule has 0 aromatic rings. The van der Waals surface area contributed by atoms with Gasteiger partial charge in [0, 0.05) is 18.8 Å². The van der Waals surface area contributed by atoms with Crippen LogP contribution in [-0.2, 0) is 10.0 Å². The Morgan fingerprint density at radius 3 is 2.53 bits per heavy atom. The van der Waals surface area contributed by atoms with Crippen molar-refractivity contribution in [3.8, 4) is 6.07 Å². The largest absolute Gasteiger partial charge is 0.215 e. The van der Waals surface area contributed by atoms with E-state index < -0.39 is 10.0 Å². The van der Waals surface area contributed by atoms with E-state index in [-0.39, 0.29) is 5.75 Å². The Balaban J connectivity index is 3.53. The lowest BCUT2D eigenvalue weighted by Crippen LogP contribution is -2.27. The van der Waals surface area contributed by atoms with E-state index in [9.17, 15) is 8.42 Å². The van der Waals surface area contributed by atoms with Gasteiger partial charge in [0.1, 0.15) is 0 Å². The van der Waals surface area contributed by atoms with E-state index >= 15 is 0 Å². The Morgan fingerprint density at radius 2 is 1.93 bits per heavy atom. The maximum absolute atomic E-state index is 11.3. The molecule has 0 aromatic carbocycles. The molecule has 15 heavy (non-hydrogen) atoms. The molecule has 0 fully saturated rings. The zero-order chi connectivity index (χ0) is 11.6. The fourth-order valence-corrected chi connectivity index (χ4v) is 2.39. The summed E-state index contributed by atoms with van der Waals surface area (Å²) in [5, 5.41) is 8.27. The van der Waals surface area contributed by atoms with E-state index in [1.807, 2.05) is 6.07 Å². The van der Waals surface area contributed by atoms with E-state index in [0.717, 1.165) is 12.8 Å². The van der Waals surface area contributed by atoms with Gasteiger partial charge in [-0.25, -0.2) is 13.1 Å². The van der Waals surface area contributed by atoms with Crippen molar-refractivity contribution in [1.82, 2.24) is 4.72 Å². The van der Waals surface area contributed by atoms with Crippen molar-refractivity contribution in [3.63, 3.8) is 0 Å². The minimum atomic E-state index is -3.13. The predicted molar refractivity (Wildman–Crippen MR) is 61.2 cm³/mol. The minimum absolute atomic E-state index is 0.137. The Hall–Kier alpha value is -0.310. The lowest BCUT2D eigenvalue weighted by atomic mass is 10.2. The summed E-state index contributed by atoms with van der Waals surface area (Å²) in [4.78, 5) is 0. The van der Waals surface area contributed by atoms with Gasteiger partial charge in [0.05, 0.1) is 11.8 Å². The number of unbranched alkanes of at least 4 members (excludes halogenated alkanes) is 3. The Kier molecular flexibility index (Phi) is 8.77. The van der Waals surface area contributed by atoms with Gasteiger partial charge in [-0.1, -0.05) is 0 Å². The molecule has 0 heterocycles. The first-order chi connectivity index (χ1) is 7.12. The molecular weight excluding hydrogens is 236 g/mol. The number of nitrogens with one attached hydrogen (secondary N) is 1. The average Bonchev–Trinajstić information content (AvgIpc) is 2.17. The van der Waals surface area contributed by atoms with Crippen LogP contribution in [0.5, 0.6) is 0 Å². The summed E-state index contributed by atoms with van der Waals surface area (Å²) in [6, 6.07) is 2.02. The summed E-state index contributed by atoms with van der Waals surface area (Å²) in [5.41, 5.74) is 0. The highest BCUT2D eigenvalue weighted by atomic mass is 35.5. The third-order valence-corrected chi connectivity index (χ3v) is 3.57. The number of nitriles is 1. The quantitative estimate of drug-likeness (QED) is 0.501. The molecule has 4 nitrogen and oxygen atoms in total. The zero-order valence-corrected chi connectivity index (χ0v) is 10.3. The highest BCUT2D eigenvalue weighted by molar-refractivity contribution is 7.89. The molecule has 0 spiro atoms. The summed E-state index contributed by atoms with van der Waals surface area (Å²) < 4.78 is 25.1.